The van der Waals surface area contributed by atoms with Crippen LogP contribution in [-0.4, -0.2) is 84.7 Å². The molecule has 0 saturated carbocycles. The number of carbonyl (C=O) groups is 1. The summed E-state index contributed by atoms with van der Waals surface area (Å²) in [7, 11) is 2.16. The number of hydrogen-bond donors (Lipinski definition) is 1. The summed E-state index contributed by atoms with van der Waals surface area (Å²) in [6, 6.07) is 5.14. The average molecular weight is 392 g/mol. The number of likely N-dealkylation sites (tertiary alicyclic amines) is 1. The van der Waals surface area contributed by atoms with E-state index >= 15 is 0 Å². The van der Waals surface area contributed by atoms with Crippen molar-refractivity contribution >= 4 is 5.91 Å². The van der Waals surface area contributed by atoms with Gasteiger partial charge in [-0.2, -0.15) is 0 Å². The van der Waals surface area contributed by atoms with Crippen LogP contribution in [0.2, 0.25) is 0 Å². The van der Waals surface area contributed by atoms with Gasteiger partial charge in [-0.15, -0.1) is 0 Å². The number of piperazine rings is 1. The Labute approximate surface area is 168 Å². The topological polar surface area (TPSA) is 47.0 Å². The van der Waals surface area contributed by atoms with Crippen LogP contribution >= 0.6 is 0 Å². The Morgan fingerprint density at radius 1 is 1.21 bits per heavy atom. The Hall–Kier alpha value is -1.50. The molecule has 1 N–H and O–H groups in total. The van der Waals surface area contributed by atoms with Crippen LogP contribution in [0.5, 0.6) is 0 Å². The smallest absolute Gasteiger partial charge is 0.227 e. The zero-order chi connectivity index (χ0) is 20.1. The monoisotopic (exact) mass is 391 g/mol. The number of halogens is 1. The molecule has 2 atom stereocenters. The van der Waals surface area contributed by atoms with Crippen molar-refractivity contribution in [1.82, 2.24) is 14.7 Å². The van der Waals surface area contributed by atoms with E-state index in [0.29, 0.717) is 12.0 Å². The number of likely N-dealkylation sites (N-methyl/N-ethyl adjacent to an activating group) is 1. The van der Waals surface area contributed by atoms with E-state index in [4.69, 9.17) is 0 Å². The van der Waals surface area contributed by atoms with Crippen LogP contribution in [0.25, 0.3) is 0 Å². The highest BCUT2D eigenvalue weighted by atomic mass is 19.1. The maximum Gasteiger partial charge on any atom is 0.227 e. The van der Waals surface area contributed by atoms with Gasteiger partial charge in [0.2, 0.25) is 5.91 Å². The third kappa shape index (κ3) is 5.31. The molecular weight excluding hydrogens is 357 g/mol. The summed E-state index contributed by atoms with van der Waals surface area (Å²) in [4.78, 5) is 19.8. The van der Waals surface area contributed by atoms with E-state index < -0.39 is 0 Å². The fourth-order valence-electron chi connectivity index (χ4n) is 4.62. The number of carbonyl (C=O) groups excluding carboxylic acids is 1. The molecule has 2 saturated heterocycles. The molecule has 1 aromatic rings. The number of hydrogen-bond acceptors (Lipinski definition) is 4. The number of nitrogens with zero attached hydrogens (tertiary/aromatic N) is 3. The van der Waals surface area contributed by atoms with Gasteiger partial charge in [0.15, 0.2) is 0 Å². The molecule has 0 aliphatic carbocycles. The minimum absolute atomic E-state index is 0.0829. The van der Waals surface area contributed by atoms with Crippen molar-refractivity contribution in [2.75, 3.05) is 52.9 Å². The first-order chi connectivity index (χ1) is 13.5. The molecule has 28 heavy (non-hydrogen) atoms. The summed E-state index contributed by atoms with van der Waals surface area (Å²) < 4.78 is 13.6. The van der Waals surface area contributed by atoms with Gasteiger partial charge in [0.05, 0.1) is 6.42 Å². The fraction of sp³-hybridized carbons (Fsp3) is 0.682. The second-order valence-electron chi connectivity index (χ2n) is 8.41. The van der Waals surface area contributed by atoms with Crippen molar-refractivity contribution in [3.05, 3.63) is 35.1 Å². The van der Waals surface area contributed by atoms with E-state index in [-0.39, 0.29) is 24.8 Å². The minimum Gasteiger partial charge on any atom is -0.396 e. The molecule has 2 aliphatic rings. The lowest BCUT2D eigenvalue weighted by molar-refractivity contribution is -0.133. The highest BCUT2D eigenvalue weighted by Crippen LogP contribution is 2.27. The number of amides is 1. The molecule has 2 fully saturated rings. The molecule has 156 valence electrons. The van der Waals surface area contributed by atoms with E-state index in [2.05, 4.69) is 16.8 Å². The van der Waals surface area contributed by atoms with Gasteiger partial charge < -0.3 is 14.9 Å². The summed E-state index contributed by atoms with van der Waals surface area (Å²) in [6.45, 7) is 7.95. The van der Waals surface area contributed by atoms with E-state index in [9.17, 15) is 14.3 Å². The first kappa shape index (κ1) is 21.2. The molecule has 0 spiro atoms. The van der Waals surface area contributed by atoms with E-state index in [0.717, 1.165) is 69.7 Å². The Morgan fingerprint density at radius 3 is 2.68 bits per heavy atom. The Morgan fingerprint density at radius 2 is 1.96 bits per heavy atom. The van der Waals surface area contributed by atoms with Crippen LogP contribution in [0.15, 0.2) is 18.2 Å². The van der Waals surface area contributed by atoms with Crippen LogP contribution in [-0.2, 0) is 11.2 Å². The molecule has 0 aromatic heterocycles. The van der Waals surface area contributed by atoms with E-state index in [1.807, 2.05) is 11.8 Å². The standard InChI is InChI=1S/C22H34FN3O2/c1-17-5-6-20(23)14-19(17)15-22(28)26-8-7-21(18(16-26)4-3-13-27)25-11-9-24(2)10-12-25/h5-6,14,18,21,27H,3-4,7-13,15-16H2,1-2H3/t18-,21+/m0/s1. The summed E-state index contributed by atoms with van der Waals surface area (Å²) in [5.74, 6) is 0.185. The van der Waals surface area contributed by atoms with Gasteiger partial charge in [-0.1, -0.05) is 6.07 Å². The lowest BCUT2D eigenvalue weighted by atomic mass is 9.86. The van der Waals surface area contributed by atoms with Crippen molar-refractivity contribution in [2.45, 2.75) is 38.6 Å². The largest absolute Gasteiger partial charge is 0.396 e. The lowest BCUT2D eigenvalue weighted by Crippen LogP contribution is -2.57. The lowest BCUT2D eigenvalue weighted by Gasteiger charge is -2.46. The Balaban J connectivity index is 1.64. The minimum atomic E-state index is -0.289. The molecule has 2 heterocycles. The third-order valence-electron chi connectivity index (χ3n) is 6.44. The molecule has 5 nitrogen and oxygen atoms in total. The predicted octanol–water partition coefficient (Wildman–Crippen LogP) is 1.91. The first-order valence-corrected chi connectivity index (χ1v) is 10.5. The zero-order valence-corrected chi connectivity index (χ0v) is 17.2. The van der Waals surface area contributed by atoms with Gasteiger partial charge in [0.25, 0.3) is 0 Å². The molecule has 1 amide bonds. The van der Waals surface area contributed by atoms with Crippen molar-refractivity contribution in [1.29, 1.82) is 0 Å². The SMILES string of the molecule is Cc1ccc(F)cc1CC(=O)N1CC[C@@H](N2CCN(C)CC2)[C@@H](CCCO)C1. The highest BCUT2D eigenvalue weighted by molar-refractivity contribution is 5.79. The average Bonchev–Trinajstić information content (AvgIpc) is 2.69. The molecule has 1 aromatic carbocycles. The molecule has 0 radical (unpaired) electrons. The molecule has 0 unspecified atom stereocenters. The highest BCUT2D eigenvalue weighted by Gasteiger charge is 2.35. The molecule has 3 rings (SSSR count). The summed E-state index contributed by atoms with van der Waals surface area (Å²) in [6.07, 6.45) is 2.96. The van der Waals surface area contributed by atoms with E-state index in [1.54, 1.807) is 6.07 Å². The van der Waals surface area contributed by atoms with Crippen LogP contribution in [0.3, 0.4) is 0 Å². The fourth-order valence-corrected chi connectivity index (χ4v) is 4.62. The number of piperidine rings is 1. The molecule has 2 aliphatic heterocycles. The molecular formula is C22H34FN3O2. The summed E-state index contributed by atoms with van der Waals surface area (Å²) in [5, 5.41) is 9.32. The van der Waals surface area contributed by atoms with Gasteiger partial charge in [-0.25, -0.2) is 4.39 Å². The second kappa shape index (κ2) is 9.81. The van der Waals surface area contributed by atoms with Crippen LogP contribution in [0.1, 0.15) is 30.4 Å². The van der Waals surface area contributed by atoms with Gasteiger partial charge in [0.1, 0.15) is 5.82 Å². The molecule has 0 bridgehead atoms. The van der Waals surface area contributed by atoms with Gasteiger partial charge in [-0.05, 0) is 62.4 Å². The predicted molar refractivity (Wildman–Crippen MR) is 109 cm³/mol. The quantitative estimate of drug-likeness (QED) is 0.805. The van der Waals surface area contributed by atoms with Crippen LogP contribution < -0.4 is 0 Å². The maximum absolute atomic E-state index is 13.6. The summed E-state index contributed by atoms with van der Waals surface area (Å²) >= 11 is 0. The van der Waals surface area contributed by atoms with Gasteiger partial charge in [-0.3, -0.25) is 9.69 Å². The van der Waals surface area contributed by atoms with Crippen molar-refractivity contribution in [2.24, 2.45) is 5.92 Å². The molecule has 6 heteroatoms. The van der Waals surface area contributed by atoms with Gasteiger partial charge in [0, 0.05) is 51.9 Å². The van der Waals surface area contributed by atoms with Crippen molar-refractivity contribution < 1.29 is 14.3 Å². The van der Waals surface area contributed by atoms with E-state index in [1.165, 1.54) is 12.1 Å². The van der Waals surface area contributed by atoms with Crippen LogP contribution in [0, 0.1) is 18.7 Å². The third-order valence-corrected chi connectivity index (χ3v) is 6.44. The number of rotatable bonds is 6. The maximum atomic E-state index is 13.6. The Kier molecular flexibility index (Phi) is 7.43. The van der Waals surface area contributed by atoms with Gasteiger partial charge >= 0.3 is 0 Å². The number of benzene rings is 1. The summed E-state index contributed by atoms with van der Waals surface area (Å²) in [5.41, 5.74) is 1.73. The number of aliphatic hydroxyl groups excluding tert-OH is 1. The first-order valence-electron chi connectivity index (χ1n) is 10.5. The van der Waals surface area contributed by atoms with Crippen LogP contribution in [0.4, 0.5) is 4.39 Å². The second-order valence-corrected chi connectivity index (χ2v) is 8.41. The normalized spacial score (nSPS) is 24.5. The Bertz CT molecular complexity index is 661. The number of aliphatic hydroxyl groups is 1. The number of aryl methyl sites for hydroxylation is 1. The van der Waals surface area contributed by atoms with Crippen molar-refractivity contribution in [3.8, 4) is 0 Å². The van der Waals surface area contributed by atoms with Crippen molar-refractivity contribution in [3.63, 3.8) is 0 Å². The zero-order valence-electron chi connectivity index (χ0n) is 17.2.